The molecule has 0 spiro atoms. The summed E-state index contributed by atoms with van der Waals surface area (Å²) in [6.45, 7) is 2.49. The molecule has 2 aliphatic rings. The molecule has 0 aliphatic carbocycles. The van der Waals surface area contributed by atoms with E-state index in [1.165, 1.54) is 9.80 Å². The third kappa shape index (κ3) is 3.50. The maximum Gasteiger partial charge on any atom is 0.413 e. The zero-order valence-electron chi connectivity index (χ0n) is 10.7. The van der Waals surface area contributed by atoms with Crippen molar-refractivity contribution >= 4 is 12.2 Å². The van der Waals surface area contributed by atoms with Crippen LogP contribution in [0.1, 0.15) is 25.7 Å². The molecule has 0 bridgehead atoms. The summed E-state index contributed by atoms with van der Waals surface area (Å²) >= 11 is 0. The molecule has 0 saturated carbocycles. The van der Waals surface area contributed by atoms with Crippen LogP contribution in [0.5, 0.6) is 0 Å². The van der Waals surface area contributed by atoms with Crippen LogP contribution in [0.15, 0.2) is 0 Å². The van der Waals surface area contributed by atoms with Crippen molar-refractivity contribution in [3.05, 3.63) is 0 Å². The van der Waals surface area contributed by atoms with Crippen LogP contribution in [0, 0.1) is 11.3 Å². The monoisotopic (exact) mass is 267 g/mol. The lowest BCUT2D eigenvalue weighted by Gasteiger charge is -2.20. The van der Waals surface area contributed by atoms with Gasteiger partial charge in [-0.3, -0.25) is 0 Å². The fraction of sp³-hybridized carbons (Fsp3) is 0.750. The summed E-state index contributed by atoms with van der Waals surface area (Å²) in [7, 11) is 0. The van der Waals surface area contributed by atoms with E-state index in [-0.39, 0.29) is 0 Å². The highest BCUT2D eigenvalue weighted by atomic mass is 16.7. The van der Waals surface area contributed by atoms with Gasteiger partial charge >= 0.3 is 18.5 Å². The third-order valence-corrected chi connectivity index (χ3v) is 3.25. The Morgan fingerprint density at radius 1 is 0.895 bits per heavy atom. The first-order valence-electron chi connectivity index (χ1n) is 6.51. The van der Waals surface area contributed by atoms with Gasteiger partial charge in [0.2, 0.25) is 0 Å². The Morgan fingerprint density at radius 3 is 1.58 bits per heavy atom. The minimum absolute atomic E-state index is 0.599. The summed E-state index contributed by atoms with van der Waals surface area (Å²) in [6.07, 6.45) is 1.05. The number of amides is 2. The van der Waals surface area contributed by atoms with Gasteiger partial charge in [0, 0.05) is 26.2 Å². The average molecular weight is 267 g/mol. The lowest BCUT2D eigenvalue weighted by Crippen LogP contribution is -2.36. The van der Waals surface area contributed by atoms with Gasteiger partial charge in [0.05, 0.1) is 0 Å². The van der Waals surface area contributed by atoms with Crippen molar-refractivity contribution in [2.45, 2.75) is 32.0 Å². The standard InChI is InChI=1S/C12H17N3O4/c13-9-10(18-11(16)14-5-1-2-6-14)19-12(17)15-7-3-4-8-15/h10H,1-8H2. The van der Waals surface area contributed by atoms with Gasteiger partial charge in [-0.15, -0.1) is 0 Å². The zero-order chi connectivity index (χ0) is 13.7. The van der Waals surface area contributed by atoms with Crippen LogP contribution in [0.25, 0.3) is 0 Å². The molecule has 7 nitrogen and oxygen atoms in total. The predicted molar refractivity (Wildman–Crippen MR) is 64.0 cm³/mol. The van der Waals surface area contributed by atoms with Gasteiger partial charge in [0.1, 0.15) is 0 Å². The lowest BCUT2D eigenvalue weighted by atomic mass is 10.4. The quantitative estimate of drug-likeness (QED) is 0.704. The SMILES string of the molecule is N#CC(OC(=O)N1CCCC1)OC(=O)N1CCCC1. The summed E-state index contributed by atoms with van der Waals surface area (Å²) in [5.41, 5.74) is 0. The topological polar surface area (TPSA) is 82.9 Å². The van der Waals surface area contributed by atoms with Crippen molar-refractivity contribution < 1.29 is 19.1 Å². The molecule has 7 heteroatoms. The first-order chi connectivity index (χ1) is 9.20. The fourth-order valence-electron chi connectivity index (χ4n) is 2.21. The number of carbonyl (C=O) groups excluding carboxylic acids is 2. The second kappa shape index (κ2) is 6.27. The zero-order valence-corrected chi connectivity index (χ0v) is 10.7. The van der Waals surface area contributed by atoms with E-state index in [2.05, 4.69) is 0 Å². The van der Waals surface area contributed by atoms with Crippen LogP contribution in [-0.2, 0) is 9.47 Å². The van der Waals surface area contributed by atoms with Crippen molar-refractivity contribution in [3.8, 4) is 6.07 Å². The van der Waals surface area contributed by atoms with E-state index in [4.69, 9.17) is 14.7 Å². The van der Waals surface area contributed by atoms with E-state index in [1.54, 1.807) is 6.07 Å². The number of nitrogens with zero attached hydrogens (tertiary/aromatic N) is 3. The molecular weight excluding hydrogens is 250 g/mol. The highest BCUT2D eigenvalue weighted by Gasteiger charge is 2.27. The number of likely N-dealkylation sites (tertiary alicyclic amines) is 2. The van der Waals surface area contributed by atoms with Crippen LogP contribution in [-0.4, -0.2) is 54.5 Å². The molecule has 0 aromatic carbocycles. The van der Waals surface area contributed by atoms with E-state index in [1.807, 2.05) is 0 Å². The van der Waals surface area contributed by atoms with E-state index in [0.29, 0.717) is 26.2 Å². The predicted octanol–water partition coefficient (Wildman–Crippen LogP) is 1.30. The van der Waals surface area contributed by atoms with E-state index in [9.17, 15) is 9.59 Å². The molecule has 2 amide bonds. The highest BCUT2D eigenvalue weighted by molar-refractivity contribution is 5.70. The van der Waals surface area contributed by atoms with Gasteiger partial charge in [-0.05, 0) is 25.7 Å². The molecule has 2 heterocycles. The number of carbonyl (C=O) groups is 2. The third-order valence-electron chi connectivity index (χ3n) is 3.25. The van der Waals surface area contributed by atoms with Gasteiger partial charge in [-0.2, -0.15) is 5.26 Å². The van der Waals surface area contributed by atoms with Gasteiger partial charge in [0.15, 0.2) is 6.07 Å². The Morgan fingerprint density at radius 2 is 1.26 bits per heavy atom. The molecule has 0 atom stereocenters. The molecule has 2 rings (SSSR count). The second-order valence-electron chi connectivity index (χ2n) is 4.62. The molecule has 0 aromatic rings. The minimum Gasteiger partial charge on any atom is -0.395 e. The molecule has 2 saturated heterocycles. The van der Waals surface area contributed by atoms with Crippen molar-refractivity contribution in [3.63, 3.8) is 0 Å². The molecule has 0 unspecified atom stereocenters. The van der Waals surface area contributed by atoms with Crippen molar-refractivity contribution in [2.24, 2.45) is 0 Å². The van der Waals surface area contributed by atoms with E-state index < -0.39 is 18.5 Å². The Balaban J connectivity index is 1.80. The maximum absolute atomic E-state index is 11.7. The van der Waals surface area contributed by atoms with Crippen molar-refractivity contribution in [1.29, 1.82) is 5.26 Å². The number of rotatable bonds is 2. The Hall–Kier alpha value is -1.97. The first-order valence-corrected chi connectivity index (χ1v) is 6.51. The summed E-state index contributed by atoms with van der Waals surface area (Å²) in [4.78, 5) is 26.3. The number of hydrogen-bond acceptors (Lipinski definition) is 5. The van der Waals surface area contributed by atoms with Gasteiger partial charge in [0.25, 0.3) is 0 Å². The molecule has 19 heavy (non-hydrogen) atoms. The Kier molecular flexibility index (Phi) is 4.44. The number of hydrogen-bond donors (Lipinski definition) is 0. The van der Waals surface area contributed by atoms with Gasteiger partial charge in [-0.1, -0.05) is 0 Å². The van der Waals surface area contributed by atoms with E-state index in [0.717, 1.165) is 25.7 Å². The lowest BCUT2D eigenvalue weighted by molar-refractivity contribution is -0.0446. The van der Waals surface area contributed by atoms with Crippen LogP contribution >= 0.6 is 0 Å². The largest absolute Gasteiger partial charge is 0.413 e. The van der Waals surface area contributed by atoms with Gasteiger partial charge in [-0.25, -0.2) is 9.59 Å². The normalized spacial score (nSPS) is 18.5. The van der Waals surface area contributed by atoms with Crippen LogP contribution in [0.2, 0.25) is 0 Å². The molecule has 0 radical (unpaired) electrons. The summed E-state index contributed by atoms with van der Waals surface area (Å²) < 4.78 is 9.74. The molecule has 0 N–H and O–H groups in total. The molecule has 2 aliphatic heterocycles. The van der Waals surface area contributed by atoms with Gasteiger partial charge < -0.3 is 19.3 Å². The molecule has 0 aromatic heterocycles. The Bertz CT molecular complexity index is 351. The summed E-state index contributed by atoms with van der Waals surface area (Å²) in [5.74, 6) is 0. The van der Waals surface area contributed by atoms with Crippen LogP contribution < -0.4 is 0 Å². The minimum atomic E-state index is -1.47. The number of ether oxygens (including phenoxy) is 2. The van der Waals surface area contributed by atoms with E-state index >= 15 is 0 Å². The van der Waals surface area contributed by atoms with Crippen molar-refractivity contribution in [1.82, 2.24) is 9.80 Å². The smallest absolute Gasteiger partial charge is 0.395 e. The molecular formula is C12H17N3O4. The summed E-state index contributed by atoms with van der Waals surface area (Å²) in [5, 5.41) is 8.87. The summed E-state index contributed by atoms with van der Waals surface area (Å²) in [6, 6.07) is 1.67. The fourth-order valence-corrected chi connectivity index (χ4v) is 2.21. The average Bonchev–Trinajstić information content (AvgIpc) is 3.09. The van der Waals surface area contributed by atoms with Crippen LogP contribution in [0.4, 0.5) is 9.59 Å². The first kappa shape index (κ1) is 13.5. The maximum atomic E-state index is 11.7. The van der Waals surface area contributed by atoms with Crippen molar-refractivity contribution in [2.75, 3.05) is 26.2 Å². The molecule has 2 fully saturated rings. The Labute approximate surface area is 111 Å². The highest BCUT2D eigenvalue weighted by Crippen LogP contribution is 2.13. The molecule has 104 valence electrons. The number of nitriles is 1. The van der Waals surface area contributed by atoms with Crippen LogP contribution in [0.3, 0.4) is 0 Å². The second-order valence-corrected chi connectivity index (χ2v) is 4.62.